The van der Waals surface area contributed by atoms with Crippen molar-refractivity contribution in [1.29, 1.82) is 0 Å². The predicted octanol–water partition coefficient (Wildman–Crippen LogP) is 2.22. The van der Waals surface area contributed by atoms with E-state index < -0.39 is 5.63 Å². The smallest absolute Gasteiger partial charge is 0.336 e. The van der Waals surface area contributed by atoms with Crippen molar-refractivity contribution in [2.45, 2.75) is 13.8 Å². The number of fused-ring (bicyclic) bond motifs is 1. The van der Waals surface area contributed by atoms with Gasteiger partial charge in [0.2, 0.25) is 0 Å². The Morgan fingerprint density at radius 1 is 1.20 bits per heavy atom. The summed E-state index contributed by atoms with van der Waals surface area (Å²) in [5.74, 6) is 0. The van der Waals surface area contributed by atoms with Gasteiger partial charge in [-0.1, -0.05) is 6.07 Å². The normalized spacial score (nSPS) is 10.5. The van der Waals surface area contributed by atoms with E-state index in [0.717, 1.165) is 11.1 Å². The third-order valence-electron chi connectivity index (χ3n) is 2.33. The van der Waals surface area contributed by atoms with Gasteiger partial charge < -0.3 is 4.42 Å². The molecule has 3 heteroatoms. The summed E-state index contributed by atoms with van der Waals surface area (Å²) in [6.45, 7) is 3.79. The average molecular weight is 202 g/mol. The Labute approximate surface area is 86.3 Å². The molecule has 0 amide bonds. The first-order valence-corrected chi connectivity index (χ1v) is 4.62. The second-order valence-corrected chi connectivity index (χ2v) is 3.60. The van der Waals surface area contributed by atoms with Crippen LogP contribution in [0.2, 0.25) is 0 Å². The molecule has 76 valence electrons. The molecule has 3 nitrogen and oxygen atoms in total. The first-order valence-electron chi connectivity index (χ1n) is 4.62. The maximum absolute atomic E-state index is 11.2. The van der Waals surface area contributed by atoms with Gasteiger partial charge in [0.1, 0.15) is 5.58 Å². The second kappa shape index (κ2) is 3.35. The molecule has 15 heavy (non-hydrogen) atoms. The van der Waals surface area contributed by atoms with E-state index in [0.29, 0.717) is 22.8 Å². The van der Waals surface area contributed by atoms with E-state index in [1.807, 2.05) is 26.0 Å². The number of carbonyl (C=O) groups excluding carboxylic acids is 1. The summed E-state index contributed by atoms with van der Waals surface area (Å²) in [5, 5.41) is 0.696. The lowest BCUT2D eigenvalue weighted by Crippen LogP contribution is -2.01. The molecule has 0 aliphatic carbocycles. The second-order valence-electron chi connectivity index (χ2n) is 3.60. The standard InChI is InChI=1S/C12H10O3/c1-7-3-8(2)12-10(4-7)9(6-13)5-11(14)15-12/h3-6H,1-2H3. The lowest BCUT2D eigenvalue weighted by atomic mass is 10.0. The third-order valence-corrected chi connectivity index (χ3v) is 2.33. The molecule has 0 atom stereocenters. The topological polar surface area (TPSA) is 47.3 Å². The van der Waals surface area contributed by atoms with Gasteiger partial charge in [0.25, 0.3) is 0 Å². The number of hydrogen-bond acceptors (Lipinski definition) is 3. The van der Waals surface area contributed by atoms with Crippen LogP contribution in [0.1, 0.15) is 21.5 Å². The molecule has 2 rings (SSSR count). The van der Waals surface area contributed by atoms with Gasteiger partial charge in [-0.25, -0.2) is 4.79 Å². The fraction of sp³-hybridized carbons (Fsp3) is 0.167. The van der Waals surface area contributed by atoms with Gasteiger partial charge in [-0.2, -0.15) is 0 Å². The molecule has 1 aromatic heterocycles. The quantitative estimate of drug-likeness (QED) is 0.526. The van der Waals surface area contributed by atoms with Crippen LogP contribution in [0.4, 0.5) is 0 Å². The van der Waals surface area contributed by atoms with Crippen LogP contribution >= 0.6 is 0 Å². The van der Waals surface area contributed by atoms with E-state index in [9.17, 15) is 9.59 Å². The Bertz CT molecular complexity index is 594. The summed E-state index contributed by atoms with van der Waals surface area (Å²) < 4.78 is 5.08. The van der Waals surface area contributed by atoms with Crippen molar-refractivity contribution in [3.8, 4) is 0 Å². The van der Waals surface area contributed by atoms with E-state index in [2.05, 4.69) is 0 Å². The van der Waals surface area contributed by atoms with Crippen LogP contribution in [0.25, 0.3) is 11.0 Å². The van der Waals surface area contributed by atoms with Crippen LogP contribution in [-0.4, -0.2) is 6.29 Å². The molecule has 0 spiro atoms. The number of benzene rings is 1. The van der Waals surface area contributed by atoms with Gasteiger partial charge in [0, 0.05) is 17.0 Å². The van der Waals surface area contributed by atoms with Crippen molar-refractivity contribution in [3.63, 3.8) is 0 Å². The van der Waals surface area contributed by atoms with Crippen LogP contribution in [-0.2, 0) is 0 Å². The van der Waals surface area contributed by atoms with Crippen LogP contribution in [0.15, 0.2) is 27.4 Å². The van der Waals surface area contributed by atoms with Gasteiger partial charge in [-0.15, -0.1) is 0 Å². The molecule has 0 bridgehead atoms. The van der Waals surface area contributed by atoms with Gasteiger partial charge in [0.05, 0.1) is 0 Å². The van der Waals surface area contributed by atoms with Crippen molar-refractivity contribution in [2.75, 3.05) is 0 Å². The fourth-order valence-corrected chi connectivity index (χ4v) is 1.74. The van der Waals surface area contributed by atoms with E-state index >= 15 is 0 Å². The Balaban J connectivity index is 3.02. The van der Waals surface area contributed by atoms with Crippen molar-refractivity contribution < 1.29 is 9.21 Å². The van der Waals surface area contributed by atoms with Crippen LogP contribution in [0, 0.1) is 13.8 Å². The molecular weight excluding hydrogens is 192 g/mol. The predicted molar refractivity (Wildman–Crippen MR) is 57.3 cm³/mol. The van der Waals surface area contributed by atoms with Crippen LogP contribution in [0.3, 0.4) is 0 Å². The van der Waals surface area contributed by atoms with E-state index in [4.69, 9.17) is 4.42 Å². The van der Waals surface area contributed by atoms with Crippen molar-refractivity contribution in [1.82, 2.24) is 0 Å². The first-order chi connectivity index (χ1) is 7.11. The molecule has 0 saturated carbocycles. The minimum Gasteiger partial charge on any atom is -0.422 e. The third kappa shape index (κ3) is 1.56. The zero-order chi connectivity index (χ0) is 11.0. The maximum atomic E-state index is 11.2. The Morgan fingerprint density at radius 3 is 2.60 bits per heavy atom. The van der Waals surface area contributed by atoms with Crippen LogP contribution in [0.5, 0.6) is 0 Å². The van der Waals surface area contributed by atoms with Crippen molar-refractivity contribution in [2.24, 2.45) is 0 Å². The number of carbonyl (C=O) groups is 1. The minimum atomic E-state index is -0.489. The van der Waals surface area contributed by atoms with Gasteiger partial charge >= 0.3 is 5.63 Å². The Morgan fingerprint density at radius 2 is 1.93 bits per heavy atom. The summed E-state index contributed by atoms with van der Waals surface area (Å²) >= 11 is 0. The molecule has 0 saturated heterocycles. The number of rotatable bonds is 1. The summed E-state index contributed by atoms with van der Waals surface area (Å²) in [5.41, 5.74) is 2.29. The lowest BCUT2D eigenvalue weighted by molar-refractivity contribution is 0.112. The molecule has 0 aliphatic rings. The molecule has 1 aromatic carbocycles. The maximum Gasteiger partial charge on any atom is 0.336 e. The minimum absolute atomic E-state index is 0.382. The summed E-state index contributed by atoms with van der Waals surface area (Å²) in [7, 11) is 0. The summed E-state index contributed by atoms with van der Waals surface area (Å²) in [6, 6.07) is 4.98. The Hall–Kier alpha value is -1.90. The molecule has 0 fully saturated rings. The fourth-order valence-electron chi connectivity index (χ4n) is 1.74. The highest BCUT2D eigenvalue weighted by Crippen LogP contribution is 2.21. The summed E-state index contributed by atoms with van der Waals surface area (Å²) in [6.07, 6.45) is 0.679. The van der Waals surface area contributed by atoms with Gasteiger partial charge in [0.15, 0.2) is 6.29 Å². The average Bonchev–Trinajstić information content (AvgIpc) is 2.18. The monoisotopic (exact) mass is 202 g/mol. The molecular formula is C12H10O3. The molecule has 2 aromatic rings. The van der Waals surface area contributed by atoms with Crippen molar-refractivity contribution >= 4 is 17.3 Å². The number of aldehydes is 1. The zero-order valence-electron chi connectivity index (χ0n) is 8.53. The Kier molecular flexibility index (Phi) is 2.15. The highest BCUT2D eigenvalue weighted by molar-refractivity contribution is 5.96. The van der Waals surface area contributed by atoms with E-state index in [-0.39, 0.29) is 0 Å². The number of hydrogen-bond donors (Lipinski definition) is 0. The first kappa shape index (κ1) is 9.65. The van der Waals surface area contributed by atoms with Gasteiger partial charge in [-0.3, -0.25) is 4.79 Å². The summed E-state index contributed by atoms with van der Waals surface area (Å²) in [4.78, 5) is 22.0. The molecule has 0 N–H and O–H groups in total. The highest BCUT2D eigenvalue weighted by Gasteiger charge is 2.07. The molecule has 0 unspecified atom stereocenters. The van der Waals surface area contributed by atoms with Gasteiger partial charge in [-0.05, 0) is 31.0 Å². The zero-order valence-corrected chi connectivity index (χ0v) is 8.53. The lowest BCUT2D eigenvalue weighted by Gasteiger charge is -2.03. The van der Waals surface area contributed by atoms with E-state index in [1.54, 1.807) is 0 Å². The highest BCUT2D eigenvalue weighted by atomic mass is 16.4. The molecule has 0 aliphatic heterocycles. The molecule has 1 heterocycles. The number of aryl methyl sites for hydroxylation is 2. The van der Waals surface area contributed by atoms with E-state index in [1.165, 1.54) is 6.07 Å². The largest absolute Gasteiger partial charge is 0.422 e. The SMILES string of the molecule is Cc1cc(C)c2oc(=O)cc(C=O)c2c1. The van der Waals surface area contributed by atoms with Crippen molar-refractivity contribution in [3.05, 3.63) is 45.3 Å². The van der Waals surface area contributed by atoms with Crippen LogP contribution < -0.4 is 5.63 Å². The molecule has 0 radical (unpaired) electrons.